The molecule has 2 fully saturated rings. The number of nitrogens with zero attached hydrogens (tertiary/aromatic N) is 2. The number of ether oxygens (including phenoxy) is 1. The Hall–Kier alpha value is -1.61. The van der Waals surface area contributed by atoms with E-state index >= 15 is 0 Å². The van der Waals surface area contributed by atoms with Crippen molar-refractivity contribution in [1.82, 2.24) is 9.21 Å². The van der Waals surface area contributed by atoms with E-state index in [4.69, 9.17) is 9.84 Å². The summed E-state index contributed by atoms with van der Waals surface area (Å²) < 4.78 is 30.5. The molecule has 124 valence electrons. The van der Waals surface area contributed by atoms with Gasteiger partial charge >= 0.3 is 12.1 Å². The van der Waals surface area contributed by atoms with Crippen LogP contribution in [0.4, 0.5) is 4.79 Å². The molecular weight excluding hydrogens is 312 g/mol. The number of carboxylic acid groups (broad SMARTS) is 1. The number of carboxylic acids is 1. The van der Waals surface area contributed by atoms with Gasteiger partial charge in [0, 0.05) is 25.7 Å². The third-order valence-electron chi connectivity index (χ3n) is 3.99. The van der Waals surface area contributed by atoms with Gasteiger partial charge < -0.3 is 14.7 Å². The molecule has 0 aromatic rings. The second-order valence-electron chi connectivity index (χ2n) is 5.37. The van der Waals surface area contributed by atoms with Crippen LogP contribution < -0.4 is 0 Å². The van der Waals surface area contributed by atoms with Gasteiger partial charge in [0.15, 0.2) is 5.25 Å². The molecule has 2 unspecified atom stereocenters. The third kappa shape index (κ3) is 3.25. The lowest BCUT2D eigenvalue weighted by molar-refractivity contribution is -0.136. The number of hydrogen-bond acceptors (Lipinski definition) is 5. The summed E-state index contributed by atoms with van der Waals surface area (Å²) >= 11 is 0. The van der Waals surface area contributed by atoms with Crippen molar-refractivity contribution < 1.29 is 27.9 Å². The van der Waals surface area contributed by atoms with E-state index < -0.39 is 27.3 Å². The molecule has 0 spiro atoms. The normalized spacial score (nSPS) is 27.7. The zero-order valence-electron chi connectivity index (χ0n) is 12.2. The second-order valence-corrected chi connectivity index (χ2v) is 7.49. The molecule has 2 aliphatic heterocycles. The summed E-state index contributed by atoms with van der Waals surface area (Å²) in [4.78, 5) is 24.4. The van der Waals surface area contributed by atoms with E-state index in [2.05, 4.69) is 6.58 Å². The lowest BCUT2D eigenvalue weighted by Crippen LogP contribution is -2.45. The summed E-state index contributed by atoms with van der Waals surface area (Å²) in [5.74, 6) is -1.32. The highest BCUT2D eigenvalue weighted by Crippen LogP contribution is 2.26. The average molecular weight is 332 g/mol. The number of carbonyl (C=O) groups excluding carboxylic acids is 1. The monoisotopic (exact) mass is 332 g/mol. The lowest BCUT2D eigenvalue weighted by Gasteiger charge is -2.27. The van der Waals surface area contributed by atoms with Crippen LogP contribution in [-0.4, -0.2) is 72.3 Å². The SMILES string of the molecule is C=CCOC(=O)N1CCCC1CN1CCC(C(=O)O)S1(=O)=O. The quantitative estimate of drug-likeness (QED) is 0.724. The van der Waals surface area contributed by atoms with Gasteiger partial charge in [-0.25, -0.2) is 13.2 Å². The Labute approximate surface area is 129 Å². The molecule has 9 heteroatoms. The molecule has 22 heavy (non-hydrogen) atoms. The number of sulfonamides is 1. The molecule has 2 rings (SSSR count). The van der Waals surface area contributed by atoms with Crippen LogP contribution >= 0.6 is 0 Å². The standard InChI is InChI=1S/C13H20N2O6S/c1-2-8-21-13(18)15-6-3-4-10(15)9-14-7-5-11(12(16)17)22(14,19)20/h2,10-11H,1,3-9H2,(H,16,17). The highest BCUT2D eigenvalue weighted by atomic mass is 32.2. The molecule has 2 aliphatic rings. The molecule has 2 atom stereocenters. The first-order valence-corrected chi connectivity index (χ1v) is 8.64. The first kappa shape index (κ1) is 16.8. The summed E-state index contributed by atoms with van der Waals surface area (Å²) in [6, 6.07) is -0.278. The van der Waals surface area contributed by atoms with Gasteiger partial charge in [0.05, 0.1) is 0 Å². The van der Waals surface area contributed by atoms with Crippen molar-refractivity contribution in [2.75, 3.05) is 26.2 Å². The topological polar surface area (TPSA) is 104 Å². The maximum Gasteiger partial charge on any atom is 0.410 e. The van der Waals surface area contributed by atoms with E-state index in [1.54, 1.807) is 0 Å². The molecule has 0 saturated carbocycles. The Morgan fingerprint density at radius 2 is 2.05 bits per heavy atom. The van der Waals surface area contributed by atoms with Crippen LogP contribution in [0.3, 0.4) is 0 Å². The Morgan fingerprint density at radius 1 is 1.32 bits per heavy atom. The van der Waals surface area contributed by atoms with Crippen molar-refractivity contribution in [2.45, 2.75) is 30.6 Å². The minimum atomic E-state index is -3.84. The van der Waals surface area contributed by atoms with Gasteiger partial charge in [-0.3, -0.25) is 4.79 Å². The van der Waals surface area contributed by atoms with Crippen molar-refractivity contribution >= 4 is 22.1 Å². The number of hydrogen-bond donors (Lipinski definition) is 1. The Bertz CT molecular complexity index is 561. The zero-order valence-corrected chi connectivity index (χ0v) is 13.0. The Balaban J connectivity index is 2.02. The van der Waals surface area contributed by atoms with Gasteiger partial charge in [-0.1, -0.05) is 12.7 Å². The molecule has 0 aromatic heterocycles. The number of aliphatic carboxylic acids is 1. The minimum absolute atomic E-state index is 0.0747. The Kier molecular flexibility index (Phi) is 5.07. The van der Waals surface area contributed by atoms with Crippen LogP contribution in [0, 0.1) is 0 Å². The number of carbonyl (C=O) groups is 2. The number of rotatable bonds is 5. The molecule has 0 aromatic carbocycles. The maximum absolute atomic E-state index is 12.2. The van der Waals surface area contributed by atoms with E-state index in [-0.39, 0.29) is 32.2 Å². The highest BCUT2D eigenvalue weighted by Gasteiger charge is 2.45. The maximum atomic E-state index is 12.2. The predicted octanol–water partition coefficient (Wildman–Crippen LogP) is 0.262. The first-order valence-electron chi connectivity index (χ1n) is 7.14. The van der Waals surface area contributed by atoms with Crippen LogP contribution in [0.2, 0.25) is 0 Å². The fourth-order valence-corrected chi connectivity index (χ4v) is 4.64. The summed E-state index contributed by atoms with van der Waals surface area (Å²) in [5, 5.41) is 7.59. The van der Waals surface area contributed by atoms with E-state index in [0.29, 0.717) is 13.0 Å². The van der Waals surface area contributed by atoms with Crippen LogP contribution in [0.1, 0.15) is 19.3 Å². The molecule has 0 aliphatic carbocycles. The summed E-state index contributed by atoms with van der Waals surface area (Å²) in [5.41, 5.74) is 0. The first-order chi connectivity index (χ1) is 10.4. The molecular formula is C13H20N2O6S. The van der Waals surface area contributed by atoms with Crippen LogP contribution in [0.5, 0.6) is 0 Å². The van der Waals surface area contributed by atoms with Gasteiger partial charge in [0.1, 0.15) is 6.61 Å². The summed E-state index contributed by atoms with van der Waals surface area (Å²) in [7, 11) is -3.84. The van der Waals surface area contributed by atoms with Gasteiger partial charge in [-0.15, -0.1) is 0 Å². The number of likely N-dealkylation sites (tertiary alicyclic amines) is 1. The molecule has 0 bridgehead atoms. The zero-order chi connectivity index (χ0) is 16.3. The van der Waals surface area contributed by atoms with Gasteiger partial charge in [0.25, 0.3) is 0 Å². The minimum Gasteiger partial charge on any atom is -0.480 e. The van der Waals surface area contributed by atoms with E-state index in [0.717, 1.165) is 6.42 Å². The summed E-state index contributed by atoms with van der Waals surface area (Å²) in [6.45, 7) is 4.37. The molecule has 1 N–H and O–H groups in total. The molecule has 2 heterocycles. The van der Waals surface area contributed by atoms with Crippen LogP contribution in [-0.2, 0) is 19.6 Å². The van der Waals surface area contributed by atoms with Crippen molar-refractivity contribution in [1.29, 1.82) is 0 Å². The van der Waals surface area contributed by atoms with Crippen molar-refractivity contribution in [2.24, 2.45) is 0 Å². The molecule has 8 nitrogen and oxygen atoms in total. The smallest absolute Gasteiger partial charge is 0.410 e. The number of amides is 1. The molecule has 2 saturated heterocycles. The van der Waals surface area contributed by atoms with Crippen LogP contribution in [0.25, 0.3) is 0 Å². The highest BCUT2D eigenvalue weighted by molar-refractivity contribution is 7.90. The molecule has 0 radical (unpaired) electrons. The summed E-state index contributed by atoms with van der Waals surface area (Å²) in [6.07, 6.45) is 2.49. The van der Waals surface area contributed by atoms with Gasteiger partial charge in [-0.05, 0) is 19.3 Å². The lowest BCUT2D eigenvalue weighted by atomic mass is 10.2. The second kappa shape index (κ2) is 6.66. The molecule has 1 amide bonds. The van der Waals surface area contributed by atoms with E-state index in [9.17, 15) is 18.0 Å². The van der Waals surface area contributed by atoms with Crippen molar-refractivity contribution in [3.63, 3.8) is 0 Å². The van der Waals surface area contributed by atoms with Crippen molar-refractivity contribution in [3.05, 3.63) is 12.7 Å². The van der Waals surface area contributed by atoms with Gasteiger partial charge in [-0.2, -0.15) is 4.31 Å². The Morgan fingerprint density at radius 3 is 2.64 bits per heavy atom. The van der Waals surface area contributed by atoms with E-state index in [1.165, 1.54) is 15.3 Å². The predicted molar refractivity (Wildman–Crippen MR) is 77.8 cm³/mol. The van der Waals surface area contributed by atoms with Crippen molar-refractivity contribution in [3.8, 4) is 0 Å². The largest absolute Gasteiger partial charge is 0.480 e. The van der Waals surface area contributed by atoms with Gasteiger partial charge in [0.2, 0.25) is 10.0 Å². The fraction of sp³-hybridized carbons (Fsp3) is 0.692. The average Bonchev–Trinajstić information content (AvgIpc) is 3.01. The van der Waals surface area contributed by atoms with E-state index in [1.807, 2.05) is 0 Å². The fourth-order valence-electron chi connectivity index (χ4n) is 2.88. The van der Waals surface area contributed by atoms with Crippen LogP contribution in [0.15, 0.2) is 12.7 Å². The third-order valence-corrected chi connectivity index (χ3v) is 6.19.